The molecule has 2 heterocycles. The lowest BCUT2D eigenvalue weighted by Gasteiger charge is -2.02. The number of aromatic nitrogens is 4. The maximum atomic E-state index is 12.6. The number of esters is 1. The van der Waals surface area contributed by atoms with Gasteiger partial charge in [-0.05, 0) is 13.0 Å². The lowest BCUT2D eigenvalue weighted by Crippen LogP contribution is -2.09. The highest BCUT2D eigenvalue weighted by molar-refractivity contribution is 5.85. The lowest BCUT2D eigenvalue weighted by atomic mass is 10.2. The van der Waals surface area contributed by atoms with Gasteiger partial charge in [0, 0.05) is 25.0 Å². The molecule has 21 heavy (non-hydrogen) atoms. The van der Waals surface area contributed by atoms with Crippen molar-refractivity contribution in [3.63, 3.8) is 0 Å². The molecule has 0 N–H and O–H groups in total. The highest BCUT2D eigenvalue weighted by Gasteiger charge is 2.34. The van der Waals surface area contributed by atoms with Gasteiger partial charge in [0.15, 0.2) is 5.69 Å². The minimum Gasteiger partial charge on any atom is -0.460 e. The Morgan fingerprint density at radius 2 is 1.95 bits per heavy atom. The first kappa shape index (κ1) is 14.9. The Balaban J connectivity index is 2.31. The standard InChI is InChI=1S/C12H11F3N4O2/c1-3-21-11(20)10-16-5-7(6-17-10)8-4-9(12(13,14)15)18-19(8)2/h4-6H,3H2,1-2H3. The third-order valence-electron chi connectivity index (χ3n) is 2.58. The van der Waals surface area contributed by atoms with Crippen molar-refractivity contribution >= 4 is 5.97 Å². The van der Waals surface area contributed by atoms with Crippen LogP contribution in [-0.2, 0) is 18.0 Å². The molecule has 0 aliphatic carbocycles. The average molecular weight is 300 g/mol. The Morgan fingerprint density at radius 1 is 1.33 bits per heavy atom. The predicted octanol–water partition coefficient (Wildman–Crippen LogP) is 2.07. The van der Waals surface area contributed by atoms with Gasteiger partial charge in [-0.25, -0.2) is 14.8 Å². The van der Waals surface area contributed by atoms with Crippen molar-refractivity contribution in [2.45, 2.75) is 13.1 Å². The maximum absolute atomic E-state index is 12.6. The first-order valence-electron chi connectivity index (χ1n) is 5.93. The molecule has 0 spiro atoms. The van der Waals surface area contributed by atoms with Gasteiger partial charge in [-0.3, -0.25) is 4.68 Å². The molecule has 2 aromatic rings. The van der Waals surface area contributed by atoms with Gasteiger partial charge in [0.1, 0.15) is 0 Å². The van der Waals surface area contributed by atoms with Crippen molar-refractivity contribution in [3.8, 4) is 11.3 Å². The van der Waals surface area contributed by atoms with Crippen LogP contribution in [0.15, 0.2) is 18.5 Å². The maximum Gasteiger partial charge on any atom is 0.435 e. The molecule has 0 fully saturated rings. The van der Waals surface area contributed by atoms with Crippen LogP contribution in [-0.4, -0.2) is 32.3 Å². The van der Waals surface area contributed by atoms with E-state index in [0.717, 1.165) is 10.7 Å². The fourth-order valence-electron chi connectivity index (χ4n) is 1.64. The summed E-state index contributed by atoms with van der Waals surface area (Å²) < 4.78 is 43.5. The molecule has 0 saturated heterocycles. The molecular weight excluding hydrogens is 289 g/mol. The minimum absolute atomic E-state index is 0.154. The third kappa shape index (κ3) is 3.18. The summed E-state index contributed by atoms with van der Waals surface area (Å²) in [6.45, 7) is 1.82. The number of carbonyl (C=O) groups is 1. The van der Waals surface area contributed by atoms with Crippen LogP contribution in [0.3, 0.4) is 0 Å². The molecule has 0 saturated carbocycles. The molecule has 0 aromatic carbocycles. The number of halogens is 3. The van der Waals surface area contributed by atoms with Crippen molar-refractivity contribution in [1.82, 2.24) is 19.7 Å². The van der Waals surface area contributed by atoms with Crippen LogP contribution in [0.25, 0.3) is 11.3 Å². The second kappa shape index (κ2) is 5.51. The highest BCUT2D eigenvalue weighted by Crippen LogP contribution is 2.30. The number of alkyl halides is 3. The first-order valence-corrected chi connectivity index (χ1v) is 5.93. The van der Waals surface area contributed by atoms with E-state index in [-0.39, 0.29) is 18.1 Å². The Hall–Kier alpha value is -2.45. The summed E-state index contributed by atoms with van der Waals surface area (Å²) in [5.41, 5.74) is -0.499. The van der Waals surface area contributed by atoms with Crippen LogP contribution in [0, 0.1) is 0 Å². The molecule has 0 radical (unpaired) electrons. The van der Waals surface area contributed by atoms with Crippen LogP contribution in [0.1, 0.15) is 23.2 Å². The highest BCUT2D eigenvalue weighted by atomic mass is 19.4. The molecule has 0 aliphatic heterocycles. The van der Waals surface area contributed by atoms with E-state index < -0.39 is 17.8 Å². The number of ether oxygens (including phenoxy) is 1. The second-order valence-corrected chi connectivity index (χ2v) is 4.05. The van der Waals surface area contributed by atoms with Crippen molar-refractivity contribution in [2.24, 2.45) is 7.05 Å². The molecule has 9 heteroatoms. The van der Waals surface area contributed by atoms with Gasteiger partial charge in [0.05, 0.1) is 12.3 Å². The van der Waals surface area contributed by atoms with E-state index in [2.05, 4.69) is 15.1 Å². The van der Waals surface area contributed by atoms with Gasteiger partial charge in [-0.15, -0.1) is 0 Å². The van der Waals surface area contributed by atoms with Crippen LogP contribution in [0.5, 0.6) is 0 Å². The minimum atomic E-state index is -4.53. The van der Waals surface area contributed by atoms with E-state index in [0.29, 0.717) is 5.56 Å². The molecular formula is C12H11F3N4O2. The Bertz CT molecular complexity index is 650. The van der Waals surface area contributed by atoms with Crippen molar-refractivity contribution < 1.29 is 22.7 Å². The summed E-state index contributed by atoms with van der Waals surface area (Å²) in [6.07, 6.45) is -2.03. The molecule has 6 nitrogen and oxygen atoms in total. The fourth-order valence-corrected chi connectivity index (χ4v) is 1.64. The summed E-state index contributed by atoms with van der Waals surface area (Å²) in [7, 11) is 1.38. The van der Waals surface area contributed by atoms with Crippen LogP contribution in [0.4, 0.5) is 13.2 Å². The molecule has 0 bridgehead atoms. The number of carbonyl (C=O) groups excluding carboxylic acids is 1. The largest absolute Gasteiger partial charge is 0.460 e. The van der Waals surface area contributed by atoms with Crippen LogP contribution < -0.4 is 0 Å². The molecule has 0 aliphatic rings. The average Bonchev–Trinajstić information content (AvgIpc) is 2.81. The van der Waals surface area contributed by atoms with Gasteiger partial charge in [0.25, 0.3) is 0 Å². The number of aryl methyl sites for hydroxylation is 1. The van der Waals surface area contributed by atoms with Crippen molar-refractivity contribution in [3.05, 3.63) is 30.0 Å². The molecule has 0 atom stereocenters. The molecule has 2 rings (SSSR count). The van der Waals surface area contributed by atoms with Crippen molar-refractivity contribution in [2.75, 3.05) is 6.61 Å². The number of rotatable bonds is 3. The predicted molar refractivity (Wildman–Crippen MR) is 65.2 cm³/mol. The van der Waals surface area contributed by atoms with E-state index in [9.17, 15) is 18.0 Å². The van der Waals surface area contributed by atoms with E-state index in [1.165, 1.54) is 19.4 Å². The molecule has 112 valence electrons. The summed E-state index contributed by atoms with van der Waals surface area (Å²) in [5.74, 6) is -0.844. The zero-order valence-corrected chi connectivity index (χ0v) is 11.2. The number of hydrogen-bond acceptors (Lipinski definition) is 5. The van der Waals surface area contributed by atoms with Crippen molar-refractivity contribution in [1.29, 1.82) is 0 Å². The SMILES string of the molecule is CCOC(=O)c1ncc(-c2cc(C(F)(F)F)nn2C)cn1. The van der Waals surface area contributed by atoms with Gasteiger partial charge >= 0.3 is 12.1 Å². The number of nitrogens with zero attached hydrogens (tertiary/aromatic N) is 4. The van der Waals surface area contributed by atoms with E-state index in [4.69, 9.17) is 4.74 Å². The quantitative estimate of drug-likeness (QED) is 0.812. The summed E-state index contributed by atoms with van der Waals surface area (Å²) in [5, 5.41) is 3.39. The van der Waals surface area contributed by atoms with E-state index >= 15 is 0 Å². The molecule has 0 amide bonds. The first-order chi connectivity index (χ1) is 9.82. The number of hydrogen-bond donors (Lipinski definition) is 0. The second-order valence-electron chi connectivity index (χ2n) is 4.05. The Kier molecular flexibility index (Phi) is 3.92. The van der Waals surface area contributed by atoms with E-state index in [1.54, 1.807) is 6.92 Å². The smallest absolute Gasteiger partial charge is 0.435 e. The Labute approximate surface area is 117 Å². The molecule has 0 unspecified atom stereocenters. The topological polar surface area (TPSA) is 69.9 Å². The monoisotopic (exact) mass is 300 g/mol. The summed E-state index contributed by atoms with van der Waals surface area (Å²) in [6, 6.07) is 0.892. The van der Waals surface area contributed by atoms with Gasteiger partial charge in [0.2, 0.25) is 5.82 Å². The Morgan fingerprint density at radius 3 is 2.43 bits per heavy atom. The summed E-state index contributed by atoms with van der Waals surface area (Å²) >= 11 is 0. The normalized spacial score (nSPS) is 11.5. The van der Waals surface area contributed by atoms with Crippen LogP contribution in [0.2, 0.25) is 0 Å². The van der Waals surface area contributed by atoms with Gasteiger partial charge < -0.3 is 4.74 Å². The lowest BCUT2D eigenvalue weighted by molar-refractivity contribution is -0.141. The summed E-state index contributed by atoms with van der Waals surface area (Å²) in [4.78, 5) is 18.9. The fraction of sp³-hybridized carbons (Fsp3) is 0.333. The van der Waals surface area contributed by atoms with Crippen LogP contribution >= 0.6 is 0 Å². The molecule has 2 aromatic heterocycles. The zero-order valence-electron chi connectivity index (χ0n) is 11.2. The van der Waals surface area contributed by atoms with E-state index in [1.807, 2.05) is 0 Å². The zero-order chi connectivity index (χ0) is 15.6. The third-order valence-corrected chi connectivity index (χ3v) is 2.58. The van der Waals surface area contributed by atoms with Gasteiger partial charge in [-0.1, -0.05) is 0 Å². The van der Waals surface area contributed by atoms with Gasteiger partial charge in [-0.2, -0.15) is 18.3 Å².